The second kappa shape index (κ2) is 7.59. The summed E-state index contributed by atoms with van der Waals surface area (Å²) in [6, 6.07) is 0. The molecule has 8 atom stereocenters. The number of aliphatic hydroxyl groups is 4. The van der Waals surface area contributed by atoms with Crippen LogP contribution in [0.3, 0.4) is 0 Å². The van der Waals surface area contributed by atoms with Gasteiger partial charge in [-0.15, -0.1) is 0 Å². The number of carbonyl (C=O) groups excluding carboxylic acids is 2. The Hall–Kier alpha value is -1.74. The number of rotatable bonds is 5. The first kappa shape index (κ1) is 21.0. The Kier molecular flexibility index (Phi) is 5.69. The number of fused-ring (bicyclic) bond motifs is 3. The van der Waals surface area contributed by atoms with Crippen molar-refractivity contribution in [3.63, 3.8) is 0 Å². The van der Waals surface area contributed by atoms with Crippen LogP contribution < -0.4 is 0 Å². The molecule has 0 aromatic carbocycles. The van der Waals surface area contributed by atoms with Crippen molar-refractivity contribution in [1.82, 2.24) is 0 Å². The van der Waals surface area contributed by atoms with Gasteiger partial charge in [0.05, 0.1) is 24.2 Å². The van der Waals surface area contributed by atoms with Crippen LogP contribution in [0, 0.1) is 23.2 Å². The van der Waals surface area contributed by atoms with Gasteiger partial charge in [0.1, 0.15) is 18.3 Å². The quantitative estimate of drug-likeness (QED) is 0.368. The molecule has 156 valence electrons. The second-order valence-corrected chi connectivity index (χ2v) is 8.36. The Bertz CT molecular complexity index is 688. The van der Waals surface area contributed by atoms with Crippen LogP contribution in [-0.2, 0) is 19.1 Å². The maximum Gasteiger partial charge on any atom is 0.336 e. The smallest absolute Gasteiger partial charge is 0.336 e. The highest BCUT2D eigenvalue weighted by atomic mass is 16.6. The monoisotopic (exact) mass is 396 g/mol. The van der Waals surface area contributed by atoms with E-state index in [4.69, 9.17) is 14.6 Å². The third-order valence-electron chi connectivity index (χ3n) is 6.83. The normalized spacial score (nSPS) is 40.9. The summed E-state index contributed by atoms with van der Waals surface area (Å²) >= 11 is 0. The third kappa shape index (κ3) is 3.18. The van der Waals surface area contributed by atoms with Crippen LogP contribution in [0.4, 0.5) is 0 Å². The summed E-state index contributed by atoms with van der Waals surface area (Å²) in [4.78, 5) is 24.6. The van der Waals surface area contributed by atoms with Crippen molar-refractivity contribution in [3.8, 4) is 0 Å². The highest BCUT2D eigenvalue weighted by Gasteiger charge is 2.63. The average molecular weight is 396 g/mol. The Morgan fingerprint density at radius 2 is 2.07 bits per heavy atom. The molecule has 0 aromatic rings. The van der Waals surface area contributed by atoms with E-state index in [9.17, 15) is 24.9 Å². The minimum atomic E-state index is -1.45. The molecule has 0 spiro atoms. The number of carbonyl (C=O) groups is 2. The zero-order valence-corrected chi connectivity index (χ0v) is 15.9. The largest absolute Gasteiger partial charge is 0.458 e. The first-order chi connectivity index (χ1) is 13.2. The van der Waals surface area contributed by atoms with Gasteiger partial charge in [-0.2, -0.15) is 0 Å². The van der Waals surface area contributed by atoms with Crippen molar-refractivity contribution in [3.05, 3.63) is 24.3 Å². The lowest BCUT2D eigenvalue weighted by atomic mass is 9.51. The molecule has 2 saturated carbocycles. The third-order valence-corrected chi connectivity index (χ3v) is 6.83. The first-order valence-electron chi connectivity index (χ1n) is 9.53. The number of hydrogen-bond acceptors (Lipinski definition) is 8. The molecule has 1 heterocycles. The molecular formula is C20H28O8. The molecule has 3 fully saturated rings. The van der Waals surface area contributed by atoms with E-state index in [0.717, 1.165) is 0 Å². The maximum atomic E-state index is 12.4. The summed E-state index contributed by atoms with van der Waals surface area (Å²) in [5.74, 6) is -2.51. The lowest BCUT2D eigenvalue weighted by molar-refractivity contribution is -0.199. The number of esters is 2. The number of ether oxygens (including phenoxy) is 2. The van der Waals surface area contributed by atoms with Crippen LogP contribution >= 0.6 is 0 Å². The maximum absolute atomic E-state index is 12.4. The van der Waals surface area contributed by atoms with E-state index in [1.807, 2.05) is 6.92 Å². The lowest BCUT2D eigenvalue weighted by Gasteiger charge is -2.56. The molecule has 0 aromatic heterocycles. The number of hydrogen-bond donors (Lipinski definition) is 4. The molecule has 8 nitrogen and oxygen atoms in total. The minimum Gasteiger partial charge on any atom is -0.458 e. The van der Waals surface area contributed by atoms with Crippen molar-refractivity contribution in [2.75, 3.05) is 13.2 Å². The fourth-order valence-corrected chi connectivity index (χ4v) is 5.24. The number of aliphatic hydroxyl groups excluding tert-OH is 4. The minimum absolute atomic E-state index is 0.0931. The fraction of sp³-hybridized carbons (Fsp3) is 0.700. The summed E-state index contributed by atoms with van der Waals surface area (Å²) < 4.78 is 11.1. The Morgan fingerprint density at radius 3 is 2.68 bits per heavy atom. The first-order valence-corrected chi connectivity index (χ1v) is 9.53. The van der Waals surface area contributed by atoms with Gasteiger partial charge in [-0.05, 0) is 25.2 Å². The van der Waals surface area contributed by atoms with Gasteiger partial charge in [0, 0.05) is 23.5 Å². The van der Waals surface area contributed by atoms with E-state index in [0.29, 0.717) is 12.8 Å². The topological polar surface area (TPSA) is 134 Å². The van der Waals surface area contributed by atoms with Crippen LogP contribution in [0.5, 0.6) is 0 Å². The fourth-order valence-electron chi connectivity index (χ4n) is 5.24. The lowest BCUT2D eigenvalue weighted by Crippen LogP contribution is -2.60. The Labute approximate surface area is 163 Å². The molecule has 8 heteroatoms. The molecule has 28 heavy (non-hydrogen) atoms. The molecule has 3 aliphatic rings. The highest BCUT2D eigenvalue weighted by Crippen LogP contribution is 2.58. The van der Waals surface area contributed by atoms with Crippen LogP contribution in [-0.4, -0.2) is 70.0 Å². The highest BCUT2D eigenvalue weighted by molar-refractivity contribution is 5.92. The van der Waals surface area contributed by atoms with Crippen LogP contribution in [0.25, 0.3) is 0 Å². The van der Waals surface area contributed by atoms with E-state index in [-0.39, 0.29) is 36.0 Å². The summed E-state index contributed by atoms with van der Waals surface area (Å²) in [6.45, 7) is 8.35. The van der Waals surface area contributed by atoms with E-state index in [1.165, 1.54) is 0 Å². The predicted molar refractivity (Wildman–Crippen MR) is 96.7 cm³/mol. The zero-order valence-electron chi connectivity index (χ0n) is 15.9. The van der Waals surface area contributed by atoms with Crippen molar-refractivity contribution in [2.45, 2.75) is 50.6 Å². The van der Waals surface area contributed by atoms with Gasteiger partial charge >= 0.3 is 11.9 Å². The predicted octanol–water partition coefficient (Wildman–Crippen LogP) is -0.305. The summed E-state index contributed by atoms with van der Waals surface area (Å²) in [5.41, 5.74) is -0.839. The van der Waals surface area contributed by atoms with Gasteiger partial charge in [-0.1, -0.05) is 20.1 Å². The van der Waals surface area contributed by atoms with Gasteiger partial charge < -0.3 is 29.9 Å². The Balaban J connectivity index is 1.94. The van der Waals surface area contributed by atoms with Crippen molar-refractivity contribution in [1.29, 1.82) is 0 Å². The van der Waals surface area contributed by atoms with E-state index < -0.39 is 54.3 Å². The molecular weight excluding hydrogens is 368 g/mol. The molecule has 2 aliphatic carbocycles. The van der Waals surface area contributed by atoms with Crippen LogP contribution in [0.2, 0.25) is 0 Å². The summed E-state index contributed by atoms with van der Waals surface area (Å²) in [5, 5.41) is 39.3. The van der Waals surface area contributed by atoms with Gasteiger partial charge in [0.25, 0.3) is 0 Å². The van der Waals surface area contributed by atoms with Gasteiger partial charge in [-0.3, -0.25) is 0 Å². The SMILES string of the molecule is C=C1C(=O)O[C@H]2[C@H]1[C@@H](OC(=O)C(=C)[C@H](O)CO)C[C@]1(C)[C@@H]2[C@@H](CO)CC[C@H]1O. The molecule has 0 bridgehead atoms. The Morgan fingerprint density at radius 1 is 1.39 bits per heavy atom. The van der Waals surface area contributed by atoms with Gasteiger partial charge in [-0.25, -0.2) is 9.59 Å². The zero-order chi connectivity index (χ0) is 20.8. The van der Waals surface area contributed by atoms with Crippen molar-refractivity contribution < 1.29 is 39.5 Å². The average Bonchev–Trinajstić information content (AvgIpc) is 2.96. The van der Waals surface area contributed by atoms with Crippen molar-refractivity contribution in [2.24, 2.45) is 23.2 Å². The molecule has 1 saturated heterocycles. The standard InChI is InChI=1S/C20H28O8/c1-9(12(23)8-22)18(25)27-13-6-20(3)14(24)5-4-11(7-21)16(20)17-15(13)10(2)19(26)28-17/h11-17,21-24H,1-2,4-8H2,3H3/t11-,12-,13+,14-,15-,16-,17+,20+/m1/s1. The van der Waals surface area contributed by atoms with E-state index in [1.54, 1.807) is 0 Å². The van der Waals surface area contributed by atoms with Crippen LogP contribution in [0.15, 0.2) is 24.3 Å². The second-order valence-electron chi connectivity index (χ2n) is 8.36. The van der Waals surface area contributed by atoms with Gasteiger partial charge in [0.2, 0.25) is 0 Å². The molecule has 3 rings (SSSR count). The van der Waals surface area contributed by atoms with Crippen molar-refractivity contribution >= 4 is 11.9 Å². The molecule has 4 N–H and O–H groups in total. The van der Waals surface area contributed by atoms with Gasteiger partial charge in [0.15, 0.2) is 0 Å². The molecule has 0 amide bonds. The molecule has 0 unspecified atom stereocenters. The van der Waals surface area contributed by atoms with Crippen LogP contribution in [0.1, 0.15) is 26.2 Å². The summed E-state index contributed by atoms with van der Waals surface area (Å²) in [7, 11) is 0. The molecule has 1 aliphatic heterocycles. The summed E-state index contributed by atoms with van der Waals surface area (Å²) in [6.07, 6.45) is -2.29. The van der Waals surface area contributed by atoms with E-state index in [2.05, 4.69) is 13.2 Å². The van der Waals surface area contributed by atoms with E-state index >= 15 is 0 Å². The molecule has 0 radical (unpaired) electrons.